The van der Waals surface area contributed by atoms with E-state index in [-0.39, 0.29) is 0 Å². The summed E-state index contributed by atoms with van der Waals surface area (Å²) in [4.78, 5) is 0. The minimum atomic E-state index is 0.676. The first-order valence-electron chi connectivity index (χ1n) is 7.71. The third-order valence-corrected chi connectivity index (χ3v) is 3.30. The molecule has 1 N–H and O–H groups in total. The number of hydrogen-bond acceptors (Lipinski definition) is 2. The predicted octanol–water partition coefficient (Wildman–Crippen LogP) is 3.90. The SMILES string of the molecule is CC(C)CNCCOc1ccccc1Cc1ccccc1. The fourth-order valence-electron chi connectivity index (χ4n) is 2.23. The van der Waals surface area contributed by atoms with E-state index in [0.717, 1.165) is 25.3 Å². The van der Waals surface area contributed by atoms with Crippen molar-refractivity contribution in [2.75, 3.05) is 19.7 Å². The molecule has 0 bridgehead atoms. The maximum atomic E-state index is 5.93. The molecule has 0 aromatic heterocycles. The van der Waals surface area contributed by atoms with E-state index in [1.165, 1.54) is 11.1 Å². The van der Waals surface area contributed by atoms with Gasteiger partial charge in [-0.25, -0.2) is 0 Å². The van der Waals surface area contributed by atoms with Gasteiger partial charge in [-0.3, -0.25) is 0 Å². The van der Waals surface area contributed by atoms with Crippen LogP contribution in [-0.4, -0.2) is 19.7 Å². The first kappa shape index (κ1) is 15.6. The zero-order valence-electron chi connectivity index (χ0n) is 13.0. The standard InChI is InChI=1S/C19H25NO/c1-16(2)15-20-12-13-21-19-11-7-6-10-18(19)14-17-8-4-3-5-9-17/h3-11,16,20H,12-15H2,1-2H3. The molecule has 0 radical (unpaired) electrons. The van der Waals surface area contributed by atoms with Crippen molar-refractivity contribution in [3.63, 3.8) is 0 Å². The fourth-order valence-corrected chi connectivity index (χ4v) is 2.23. The van der Waals surface area contributed by atoms with Crippen LogP contribution in [0.1, 0.15) is 25.0 Å². The van der Waals surface area contributed by atoms with Crippen LogP contribution in [0.25, 0.3) is 0 Å². The summed E-state index contributed by atoms with van der Waals surface area (Å²) in [5.41, 5.74) is 2.55. The largest absolute Gasteiger partial charge is 0.492 e. The number of hydrogen-bond donors (Lipinski definition) is 1. The number of ether oxygens (including phenoxy) is 1. The lowest BCUT2D eigenvalue weighted by Gasteiger charge is -2.12. The number of benzene rings is 2. The summed E-state index contributed by atoms with van der Waals surface area (Å²) in [6.45, 7) is 7.05. The Morgan fingerprint density at radius 2 is 1.67 bits per heavy atom. The summed E-state index contributed by atoms with van der Waals surface area (Å²) in [5.74, 6) is 1.67. The van der Waals surface area contributed by atoms with Gasteiger partial charge in [-0.15, -0.1) is 0 Å². The molecular formula is C19H25NO. The highest BCUT2D eigenvalue weighted by atomic mass is 16.5. The molecule has 2 aromatic rings. The topological polar surface area (TPSA) is 21.3 Å². The number of rotatable bonds is 8. The average molecular weight is 283 g/mol. The van der Waals surface area contributed by atoms with Gasteiger partial charge in [0.1, 0.15) is 12.4 Å². The van der Waals surface area contributed by atoms with Crippen LogP contribution in [-0.2, 0) is 6.42 Å². The minimum absolute atomic E-state index is 0.676. The van der Waals surface area contributed by atoms with Crippen molar-refractivity contribution in [3.8, 4) is 5.75 Å². The van der Waals surface area contributed by atoms with E-state index in [4.69, 9.17) is 4.74 Å². The lowest BCUT2D eigenvalue weighted by Crippen LogP contribution is -2.25. The third-order valence-electron chi connectivity index (χ3n) is 3.30. The lowest BCUT2D eigenvalue weighted by atomic mass is 10.0. The van der Waals surface area contributed by atoms with Crippen LogP contribution in [0.5, 0.6) is 5.75 Å². The van der Waals surface area contributed by atoms with Gasteiger partial charge in [0.2, 0.25) is 0 Å². The fraction of sp³-hybridized carbons (Fsp3) is 0.368. The molecule has 0 saturated heterocycles. The third kappa shape index (κ3) is 5.60. The Morgan fingerprint density at radius 1 is 0.952 bits per heavy atom. The second kappa shape index (κ2) is 8.48. The van der Waals surface area contributed by atoms with E-state index in [1.54, 1.807) is 0 Å². The maximum absolute atomic E-state index is 5.93. The molecule has 0 amide bonds. The van der Waals surface area contributed by atoms with Crippen LogP contribution in [0.3, 0.4) is 0 Å². The van der Waals surface area contributed by atoms with Gasteiger partial charge in [-0.05, 0) is 29.7 Å². The van der Waals surface area contributed by atoms with Gasteiger partial charge in [-0.2, -0.15) is 0 Å². The molecule has 2 aromatic carbocycles. The van der Waals surface area contributed by atoms with Gasteiger partial charge in [0, 0.05) is 13.0 Å². The zero-order valence-corrected chi connectivity index (χ0v) is 13.0. The molecule has 2 rings (SSSR count). The molecule has 0 aliphatic heterocycles. The molecule has 0 fully saturated rings. The Balaban J connectivity index is 1.88. The van der Waals surface area contributed by atoms with Crippen molar-refractivity contribution in [2.24, 2.45) is 5.92 Å². The molecule has 0 heterocycles. The Kier molecular flexibility index (Phi) is 6.29. The smallest absolute Gasteiger partial charge is 0.122 e. The lowest BCUT2D eigenvalue weighted by molar-refractivity contribution is 0.308. The summed E-state index contributed by atoms with van der Waals surface area (Å²) in [6.07, 6.45) is 0.913. The van der Waals surface area contributed by atoms with Crippen molar-refractivity contribution in [3.05, 3.63) is 65.7 Å². The predicted molar refractivity (Wildman–Crippen MR) is 88.9 cm³/mol. The van der Waals surface area contributed by atoms with E-state index in [0.29, 0.717) is 12.5 Å². The molecule has 0 aliphatic carbocycles. The molecular weight excluding hydrogens is 258 g/mol. The summed E-state index contributed by atoms with van der Waals surface area (Å²) in [6, 6.07) is 18.8. The van der Waals surface area contributed by atoms with Crippen molar-refractivity contribution >= 4 is 0 Å². The summed E-state index contributed by atoms with van der Waals surface area (Å²) < 4.78 is 5.93. The highest BCUT2D eigenvalue weighted by Crippen LogP contribution is 2.21. The average Bonchev–Trinajstić information content (AvgIpc) is 2.49. The highest BCUT2D eigenvalue weighted by Gasteiger charge is 2.04. The molecule has 21 heavy (non-hydrogen) atoms. The maximum Gasteiger partial charge on any atom is 0.122 e. The molecule has 2 heteroatoms. The van der Waals surface area contributed by atoms with Crippen LogP contribution in [0, 0.1) is 5.92 Å². The van der Waals surface area contributed by atoms with Crippen molar-refractivity contribution in [1.82, 2.24) is 5.32 Å². The summed E-state index contributed by atoms with van der Waals surface area (Å²) in [7, 11) is 0. The van der Waals surface area contributed by atoms with E-state index >= 15 is 0 Å². The highest BCUT2D eigenvalue weighted by molar-refractivity contribution is 5.37. The van der Waals surface area contributed by atoms with Gasteiger partial charge in [0.05, 0.1) is 0 Å². The zero-order chi connectivity index (χ0) is 14.9. The van der Waals surface area contributed by atoms with Crippen LogP contribution in [0.4, 0.5) is 0 Å². The van der Waals surface area contributed by atoms with E-state index < -0.39 is 0 Å². The van der Waals surface area contributed by atoms with Crippen molar-refractivity contribution in [2.45, 2.75) is 20.3 Å². The summed E-state index contributed by atoms with van der Waals surface area (Å²) >= 11 is 0. The van der Waals surface area contributed by atoms with Gasteiger partial charge < -0.3 is 10.1 Å². The summed E-state index contributed by atoms with van der Waals surface area (Å²) in [5, 5.41) is 3.40. The second-order valence-electron chi connectivity index (χ2n) is 5.72. The number of para-hydroxylation sites is 1. The minimum Gasteiger partial charge on any atom is -0.492 e. The van der Waals surface area contributed by atoms with Gasteiger partial charge in [0.25, 0.3) is 0 Å². The van der Waals surface area contributed by atoms with Crippen LogP contribution >= 0.6 is 0 Å². The van der Waals surface area contributed by atoms with Gasteiger partial charge in [0.15, 0.2) is 0 Å². The molecule has 0 aliphatic rings. The molecule has 0 spiro atoms. The first-order chi connectivity index (χ1) is 10.3. The van der Waals surface area contributed by atoms with E-state index in [9.17, 15) is 0 Å². The van der Waals surface area contributed by atoms with Crippen LogP contribution < -0.4 is 10.1 Å². The Morgan fingerprint density at radius 3 is 2.43 bits per heavy atom. The Labute approximate surface area is 128 Å². The van der Waals surface area contributed by atoms with E-state index in [2.05, 4.69) is 61.6 Å². The van der Waals surface area contributed by atoms with Crippen LogP contribution in [0.15, 0.2) is 54.6 Å². The molecule has 0 atom stereocenters. The van der Waals surface area contributed by atoms with E-state index in [1.807, 2.05) is 12.1 Å². The van der Waals surface area contributed by atoms with Gasteiger partial charge in [-0.1, -0.05) is 62.4 Å². The quantitative estimate of drug-likeness (QED) is 0.742. The monoisotopic (exact) mass is 283 g/mol. The first-order valence-corrected chi connectivity index (χ1v) is 7.71. The van der Waals surface area contributed by atoms with Gasteiger partial charge >= 0.3 is 0 Å². The number of nitrogens with one attached hydrogen (secondary N) is 1. The molecule has 0 unspecified atom stereocenters. The Bertz CT molecular complexity index is 522. The van der Waals surface area contributed by atoms with Crippen molar-refractivity contribution in [1.29, 1.82) is 0 Å². The Hall–Kier alpha value is -1.80. The molecule has 0 saturated carbocycles. The molecule has 2 nitrogen and oxygen atoms in total. The normalized spacial score (nSPS) is 10.8. The molecule has 112 valence electrons. The van der Waals surface area contributed by atoms with Crippen molar-refractivity contribution < 1.29 is 4.74 Å². The second-order valence-corrected chi connectivity index (χ2v) is 5.72. The van der Waals surface area contributed by atoms with Crippen LogP contribution in [0.2, 0.25) is 0 Å².